The summed E-state index contributed by atoms with van der Waals surface area (Å²) < 4.78 is 11.4. The first-order valence-electron chi connectivity index (χ1n) is 7.61. The lowest BCUT2D eigenvalue weighted by Crippen LogP contribution is -2.51. The molecule has 2 fully saturated rings. The average molecular weight is 325 g/mol. The molecule has 1 aromatic carbocycles. The van der Waals surface area contributed by atoms with E-state index in [1.165, 1.54) is 0 Å². The van der Waals surface area contributed by atoms with Crippen molar-refractivity contribution < 1.29 is 14.3 Å². The van der Waals surface area contributed by atoms with Crippen molar-refractivity contribution in [3.05, 3.63) is 34.9 Å². The fraction of sp³-hybridized carbons (Fsp3) is 0.562. The molecule has 5 nitrogen and oxygen atoms in total. The highest BCUT2D eigenvalue weighted by Crippen LogP contribution is 2.30. The Morgan fingerprint density at radius 2 is 2.05 bits per heavy atom. The van der Waals surface area contributed by atoms with Crippen LogP contribution in [0.2, 0.25) is 5.02 Å². The Labute approximate surface area is 135 Å². The molecule has 2 heterocycles. The van der Waals surface area contributed by atoms with Crippen molar-refractivity contribution in [2.75, 3.05) is 33.4 Å². The highest BCUT2D eigenvalue weighted by atomic mass is 35.5. The van der Waals surface area contributed by atoms with E-state index < -0.39 is 6.10 Å². The third kappa shape index (κ3) is 3.60. The number of benzene rings is 1. The molecule has 2 saturated heterocycles. The van der Waals surface area contributed by atoms with Crippen LogP contribution < -0.4 is 5.32 Å². The minimum atomic E-state index is -0.398. The van der Waals surface area contributed by atoms with Gasteiger partial charge in [0.05, 0.1) is 12.6 Å². The van der Waals surface area contributed by atoms with E-state index >= 15 is 0 Å². The molecule has 3 atom stereocenters. The van der Waals surface area contributed by atoms with Gasteiger partial charge in [-0.15, -0.1) is 0 Å². The Bertz CT molecular complexity index is 523. The maximum absolute atomic E-state index is 12.4. The lowest BCUT2D eigenvalue weighted by Gasteiger charge is -2.30. The Morgan fingerprint density at radius 1 is 1.27 bits per heavy atom. The van der Waals surface area contributed by atoms with Crippen LogP contribution in [0.3, 0.4) is 0 Å². The number of nitrogens with zero attached hydrogens (tertiary/aromatic N) is 1. The number of amides is 1. The number of hydrogen-bond donors (Lipinski definition) is 1. The molecule has 0 radical (unpaired) electrons. The van der Waals surface area contributed by atoms with E-state index in [-0.39, 0.29) is 18.1 Å². The zero-order valence-corrected chi connectivity index (χ0v) is 13.4. The van der Waals surface area contributed by atoms with Gasteiger partial charge in [0.2, 0.25) is 0 Å². The van der Waals surface area contributed by atoms with E-state index in [9.17, 15) is 4.79 Å². The lowest BCUT2D eigenvalue weighted by atomic mass is 10.0. The molecular formula is C16H21ClN2O3. The number of carbonyl (C=O) groups excluding carboxylic acids is 1. The molecule has 3 rings (SSSR count). The van der Waals surface area contributed by atoms with Crippen LogP contribution in [0.25, 0.3) is 0 Å². The predicted molar refractivity (Wildman–Crippen MR) is 83.9 cm³/mol. The first-order valence-corrected chi connectivity index (χ1v) is 7.99. The summed E-state index contributed by atoms with van der Waals surface area (Å²) in [5.41, 5.74) is 1.04. The van der Waals surface area contributed by atoms with E-state index in [2.05, 4.69) is 10.2 Å². The lowest BCUT2D eigenvalue weighted by molar-refractivity contribution is -0.139. The van der Waals surface area contributed by atoms with E-state index in [0.29, 0.717) is 24.8 Å². The van der Waals surface area contributed by atoms with E-state index in [1.54, 1.807) is 0 Å². The summed E-state index contributed by atoms with van der Waals surface area (Å²) in [5.74, 6) is -0.0546. The number of nitrogens with one attached hydrogen (secondary N) is 1. The monoisotopic (exact) mass is 324 g/mol. The molecule has 1 amide bonds. The van der Waals surface area contributed by atoms with Crippen molar-refractivity contribution in [3.8, 4) is 0 Å². The second kappa shape index (κ2) is 6.96. The molecule has 2 aliphatic rings. The molecule has 1 N–H and O–H groups in total. The minimum absolute atomic E-state index is 0.0236. The summed E-state index contributed by atoms with van der Waals surface area (Å²) in [6, 6.07) is 7.56. The molecule has 0 aliphatic carbocycles. The number of carbonyl (C=O) groups is 1. The van der Waals surface area contributed by atoms with Crippen LogP contribution >= 0.6 is 11.6 Å². The van der Waals surface area contributed by atoms with Crippen LogP contribution in [0.15, 0.2) is 24.3 Å². The number of halogens is 1. The Morgan fingerprint density at radius 3 is 2.77 bits per heavy atom. The summed E-state index contributed by atoms with van der Waals surface area (Å²) in [6.45, 7) is 2.73. The third-order valence-corrected chi connectivity index (χ3v) is 4.43. The van der Waals surface area contributed by atoms with Gasteiger partial charge in [-0.05, 0) is 31.2 Å². The van der Waals surface area contributed by atoms with Crippen LogP contribution in [0.5, 0.6) is 0 Å². The molecule has 2 aliphatic heterocycles. The number of hydrogen-bond acceptors (Lipinski definition) is 4. The van der Waals surface area contributed by atoms with Gasteiger partial charge in [0.1, 0.15) is 12.2 Å². The molecule has 0 spiro atoms. The molecule has 0 unspecified atom stereocenters. The Kier molecular flexibility index (Phi) is 4.98. The molecule has 22 heavy (non-hydrogen) atoms. The summed E-state index contributed by atoms with van der Waals surface area (Å²) in [7, 11) is 2.00. The molecule has 0 bridgehead atoms. The second-order valence-corrected chi connectivity index (χ2v) is 6.30. The van der Waals surface area contributed by atoms with Crippen LogP contribution in [-0.2, 0) is 14.3 Å². The third-order valence-electron chi connectivity index (χ3n) is 4.18. The molecule has 6 heteroatoms. The number of ether oxygens (including phenoxy) is 2. The van der Waals surface area contributed by atoms with Gasteiger partial charge >= 0.3 is 0 Å². The first-order chi connectivity index (χ1) is 10.6. The second-order valence-electron chi connectivity index (χ2n) is 5.87. The van der Waals surface area contributed by atoms with E-state index in [0.717, 1.165) is 18.5 Å². The van der Waals surface area contributed by atoms with Crippen molar-refractivity contribution in [1.82, 2.24) is 10.2 Å². The maximum atomic E-state index is 12.4. The van der Waals surface area contributed by atoms with Gasteiger partial charge in [-0.25, -0.2) is 0 Å². The van der Waals surface area contributed by atoms with E-state index in [1.807, 2.05) is 31.3 Å². The van der Waals surface area contributed by atoms with Gasteiger partial charge in [0.25, 0.3) is 5.91 Å². The summed E-state index contributed by atoms with van der Waals surface area (Å²) in [5, 5.41) is 3.78. The Hall–Kier alpha value is -1.14. The molecular weight excluding hydrogens is 304 g/mol. The Balaban J connectivity index is 1.63. The predicted octanol–water partition coefficient (Wildman–Crippen LogP) is 1.62. The van der Waals surface area contributed by atoms with Gasteiger partial charge < -0.3 is 19.7 Å². The average Bonchev–Trinajstić information content (AvgIpc) is 2.96. The van der Waals surface area contributed by atoms with Crippen molar-refractivity contribution in [3.63, 3.8) is 0 Å². The van der Waals surface area contributed by atoms with Crippen LogP contribution in [0.1, 0.15) is 18.1 Å². The normalized spacial score (nSPS) is 29.5. The standard InChI is InChI=1S/C16H21ClN2O3/c1-19-7-9-21-14(10-19)16(20)18-13-6-8-22-15(13)11-2-4-12(17)5-3-11/h2-5,13-15H,6-10H2,1H3,(H,18,20)/t13-,14+,15+/m1/s1. The largest absolute Gasteiger partial charge is 0.371 e. The van der Waals surface area contributed by atoms with Gasteiger partial charge in [0.15, 0.2) is 0 Å². The van der Waals surface area contributed by atoms with E-state index in [4.69, 9.17) is 21.1 Å². The molecule has 0 saturated carbocycles. The zero-order chi connectivity index (χ0) is 15.5. The zero-order valence-electron chi connectivity index (χ0n) is 12.6. The SMILES string of the molecule is CN1CCO[C@H](C(=O)N[C@@H]2CCO[C@H]2c2ccc(Cl)cc2)C1. The fourth-order valence-corrected chi connectivity index (χ4v) is 3.06. The van der Waals surface area contributed by atoms with Gasteiger partial charge in [-0.3, -0.25) is 4.79 Å². The number of morpholine rings is 1. The molecule has 120 valence electrons. The number of likely N-dealkylation sites (N-methyl/N-ethyl adjacent to an activating group) is 1. The minimum Gasteiger partial charge on any atom is -0.371 e. The highest BCUT2D eigenvalue weighted by molar-refractivity contribution is 6.30. The summed E-state index contributed by atoms with van der Waals surface area (Å²) in [6.07, 6.45) is 0.287. The summed E-state index contributed by atoms with van der Waals surface area (Å²) in [4.78, 5) is 14.5. The van der Waals surface area contributed by atoms with Crippen LogP contribution in [0.4, 0.5) is 0 Å². The maximum Gasteiger partial charge on any atom is 0.250 e. The van der Waals surface area contributed by atoms with Crippen LogP contribution in [0, 0.1) is 0 Å². The molecule has 0 aromatic heterocycles. The van der Waals surface area contributed by atoms with Gasteiger partial charge in [-0.2, -0.15) is 0 Å². The van der Waals surface area contributed by atoms with Gasteiger partial charge in [0, 0.05) is 24.7 Å². The highest BCUT2D eigenvalue weighted by Gasteiger charge is 2.33. The van der Waals surface area contributed by atoms with Crippen molar-refractivity contribution >= 4 is 17.5 Å². The molecule has 1 aromatic rings. The van der Waals surface area contributed by atoms with Gasteiger partial charge in [-0.1, -0.05) is 23.7 Å². The van der Waals surface area contributed by atoms with Crippen molar-refractivity contribution in [2.45, 2.75) is 24.7 Å². The quantitative estimate of drug-likeness (QED) is 0.918. The van der Waals surface area contributed by atoms with Crippen LogP contribution in [-0.4, -0.2) is 56.3 Å². The topological polar surface area (TPSA) is 50.8 Å². The first kappa shape index (κ1) is 15.7. The van der Waals surface area contributed by atoms with Crippen molar-refractivity contribution in [1.29, 1.82) is 0 Å². The fourth-order valence-electron chi connectivity index (χ4n) is 2.93. The smallest absolute Gasteiger partial charge is 0.250 e. The number of rotatable bonds is 3. The van der Waals surface area contributed by atoms with Crippen molar-refractivity contribution in [2.24, 2.45) is 0 Å². The summed E-state index contributed by atoms with van der Waals surface area (Å²) >= 11 is 5.92.